The second-order valence-corrected chi connectivity index (χ2v) is 6.84. The summed E-state index contributed by atoms with van der Waals surface area (Å²) in [6, 6.07) is 8.27. The van der Waals surface area contributed by atoms with Crippen molar-refractivity contribution in [3.63, 3.8) is 0 Å². The molecule has 0 aromatic heterocycles. The van der Waals surface area contributed by atoms with E-state index in [0.717, 1.165) is 30.9 Å². The van der Waals surface area contributed by atoms with Crippen LogP contribution in [0.5, 0.6) is 0 Å². The first-order valence-electron chi connectivity index (χ1n) is 8.04. The first-order valence-corrected chi connectivity index (χ1v) is 8.04. The summed E-state index contributed by atoms with van der Waals surface area (Å²) in [5, 5.41) is 0. The van der Waals surface area contributed by atoms with Crippen LogP contribution < -0.4 is 15.5 Å². The van der Waals surface area contributed by atoms with Crippen molar-refractivity contribution >= 4 is 17.3 Å². The van der Waals surface area contributed by atoms with Gasteiger partial charge in [-0.15, -0.1) is 0 Å². The van der Waals surface area contributed by atoms with Gasteiger partial charge in [-0.1, -0.05) is 12.1 Å². The highest BCUT2D eigenvalue weighted by molar-refractivity contribution is 5.99. The van der Waals surface area contributed by atoms with Gasteiger partial charge in [0.1, 0.15) is 0 Å². The molecule has 4 nitrogen and oxygen atoms in total. The first-order chi connectivity index (χ1) is 10.2. The van der Waals surface area contributed by atoms with Crippen LogP contribution in [0.3, 0.4) is 0 Å². The average Bonchev–Trinajstić information content (AvgIpc) is 3.08. The maximum Gasteiger partial charge on any atom is 0.232 e. The topological polar surface area (TPSA) is 49.6 Å². The minimum absolute atomic E-state index is 0.0419. The minimum Gasteiger partial charge on any atom is -0.371 e. The van der Waals surface area contributed by atoms with Crippen molar-refractivity contribution in [2.45, 2.75) is 25.3 Å². The Hall–Kier alpha value is -1.55. The van der Waals surface area contributed by atoms with E-state index in [2.05, 4.69) is 24.1 Å². The van der Waals surface area contributed by atoms with Crippen LogP contribution in [-0.4, -0.2) is 32.1 Å². The van der Waals surface area contributed by atoms with E-state index in [1.807, 2.05) is 17.0 Å². The molecule has 4 rings (SSSR count). The van der Waals surface area contributed by atoms with Gasteiger partial charge >= 0.3 is 0 Å². The van der Waals surface area contributed by atoms with Crippen molar-refractivity contribution in [3.05, 3.63) is 24.3 Å². The van der Waals surface area contributed by atoms with Crippen LogP contribution in [0.4, 0.5) is 11.4 Å². The van der Waals surface area contributed by atoms with Gasteiger partial charge in [-0.05, 0) is 43.2 Å². The van der Waals surface area contributed by atoms with Gasteiger partial charge in [0.05, 0.1) is 17.3 Å². The first kappa shape index (κ1) is 13.1. The number of benzene rings is 1. The number of fused-ring (bicyclic) bond motifs is 3. The Kier molecular flexibility index (Phi) is 2.96. The van der Waals surface area contributed by atoms with Gasteiger partial charge in [0.25, 0.3) is 0 Å². The van der Waals surface area contributed by atoms with Gasteiger partial charge in [0.15, 0.2) is 0 Å². The van der Waals surface area contributed by atoms with Crippen molar-refractivity contribution in [1.82, 2.24) is 0 Å². The van der Waals surface area contributed by atoms with E-state index >= 15 is 0 Å². The third-order valence-corrected chi connectivity index (χ3v) is 5.77. The molecule has 1 aliphatic heterocycles. The number of likely N-dealkylation sites (N-methyl/N-ethyl adjacent to an activating group) is 1. The molecule has 0 radical (unpaired) electrons. The summed E-state index contributed by atoms with van der Waals surface area (Å²) >= 11 is 0. The van der Waals surface area contributed by atoms with Crippen LogP contribution in [0.15, 0.2) is 24.3 Å². The average molecular weight is 285 g/mol. The number of rotatable bonds is 1. The van der Waals surface area contributed by atoms with Crippen LogP contribution in [0.25, 0.3) is 0 Å². The van der Waals surface area contributed by atoms with Gasteiger partial charge < -0.3 is 15.5 Å². The van der Waals surface area contributed by atoms with E-state index in [1.54, 1.807) is 0 Å². The lowest BCUT2D eigenvalue weighted by Gasteiger charge is -2.39. The van der Waals surface area contributed by atoms with E-state index in [1.165, 1.54) is 12.8 Å². The van der Waals surface area contributed by atoms with E-state index in [-0.39, 0.29) is 17.9 Å². The molecular formula is C17H23N3O. The molecule has 3 aliphatic rings. The standard InChI is InChI=1S/C17H23N3O/c1-19-8-9-20(14-5-3-2-4-13(14)19)17(21)15-11-6-7-12(10-11)16(15)18/h2-5,11-12,15-16H,6-10,18H2,1H3. The monoisotopic (exact) mass is 285 g/mol. The number of hydrogen-bond acceptors (Lipinski definition) is 3. The molecule has 1 heterocycles. The number of carbonyl (C=O) groups is 1. The summed E-state index contributed by atoms with van der Waals surface area (Å²) in [7, 11) is 2.09. The largest absolute Gasteiger partial charge is 0.371 e. The van der Waals surface area contributed by atoms with Gasteiger partial charge in [-0.3, -0.25) is 4.79 Å². The normalized spacial score (nSPS) is 34.2. The van der Waals surface area contributed by atoms with Gasteiger partial charge in [-0.2, -0.15) is 0 Å². The van der Waals surface area contributed by atoms with Crippen LogP contribution in [0.1, 0.15) is 19.3 Å². The third kappa shape index (κ3) is 1.89. The molecule has 2 N–H and O–H groups in total. The predicted octanol–water partition coefficient (Wildman–Crippen LogP) is 1.84. The lowest BCUT2D eigenvalue weighted by molar-refractivity contribution is -0.124. The Morgan fingerprint density at radius 2 is 1.86 bits per heavy atom. The predicted molar refractivity (Wildman–Crippen MR) is 84.4 cm³/mol. The summed E-state index contributed by atoms with van der Waals surface area (Å²) in [4.78, 5) is 17.3. The molecule has 1 aromatic carbocycles. The Labute approximate surface area is 125 Å². The van der Waals surface area contributed by atoms with Crippen molar-refractivity contribution in [1.29, 1.82) is 0 Å². The van der Waals surface area contributed by atoms with Crippen molar-refractivity contribution in [2.75, 3.05) is 29.9 Å². The zero-order valence-electron chi connectivity index (χ0n) is 12.5. The zero-order chi connectivity index (χ0) is 14.6. The Bertz CT molecular complexity index is 571. The fraction of sp³-hybridized carbons (Fsp3) is 0.588. The zero-order valence-corrected chi connectivity index (χ0v) is 12.5. The van der Waals surface area contributed by atoms with Crippen LogP contribution >= 0.6 is 0 Å². The molecular weight excluding hydrogens is 262 g/mol. The van der Waals surface area contributed by atoms with E-state index < -0.39 is 0 Å². The van der Waals surface area contributed by atoms with Crippen LogP contribution in [0, 0.1) is 17.8 Å². The molecule has 0 spiro atoms. The van der Waals surface area contributed by atoms with E-state index in [0.29, 0.717) is 11.8 Å². The summed E-state index contributed by atoms with van der Waals surface area (Å²) < 4.78 is 0. The fourth-order valence-corrected chi connectivity index (χ4v) is 4.62. The molecule has 2 fully saturated rings. The molecule has 1 aromatic rings. The number of para-hydroxylation sites is 2. The Balaban J connectivity index is 1.65. The molecule has 112 valence electrons. The fourth-order valence-electron chi connectivity index (χ4n) is 4.62. The highest BCUT2D eigenvalue weighted by Gasteiger charge is 2.50. The highest BCUT2D eigenvalue weighted by Crippen LogP contribution is 2.49. The minimum atomic E-state index is 0.0419. The second kappa shape index (κ2) is 4.73. The third-order valence-electron chi connectivity index (χ3n) is 5.77. The number of hydrogen-bond donors (Lipinski definition) is 1. The number of anilines is 2. The molecule has 2 aliphatic carbocycles. The molecule has 4 heteroatoms. The smallest absolute Gasteiger partial charge is 0.232 e. The Morgan fingerprint density at radius 1 is 1.14 bits per heavy atom. The summed E-state index contributed by atoms with van der Waals surface area (Å²) in [5.41, 5.74) is 8.56. The number of carbonyl (C=O) groups excluding carboxylic acids is 1. The molecule has 4 atom stereocenters. The highest BCUT2D eigenvalue weighted by atomic mass is 16.2. The molecule has 21 heavy (non-hydrogen) atoms. The molecule has 0 saturated heterocycles. The van der Waals surface area contributed by atoms with Gasteiger partial charge in [-0.25, -0.2) is 0 Å². The number of nitrogens with zero attached hydrogens (tertiary/aromatic N) is 2. The van der Waals surface area contributed by atoms with Crippen LogP contribution in [0.2, 0.25) is 0 Å². The van der Waals surface area contributed by atoms with Gasteiger partial charge in [0, 0.05) is 26.2 Å². The lowest BCUT2D eigenvalue weighted by atomic mass is 9.83. The summed E-state index contributed by atoms with van der Waals surface area (Å²) in [6.07, 6.45) is 3.56. The SMILES string of the molecule is CN1CCN(C(=O)C2C3CCC(C3)C2N)c2ccccc21. The number of amides is 1. The maximum atomic E-state index is 13.1. The maximum absolute atomic E-state index is 13.1. The van der Waals surface area contributed by atoms with E-state index in [9.17, 15) is 4.79 Å². The lowest BCUT2D eigenvalue weighted by Crippen LogP contribution is -2.50. The van der Waals surface area contributed by atoms with Gasteiger partial charge in [0.2, 0.25) is 5.91 Å². The quantitative estimate of drug-likeness (QED) is 0.856. The van der Waals surface area contributed by atoms with Crippen molar-refractivity contribution in [2.24, 2.45) is 23.5 Å². The van der Waals surface area contributed by atoms with Crippen molar-refractivity contribution in [3.8, 4) is 0 Å². The van der Waals surface area contributed by atoms with Crippen molar-refractivity contribution < 1.29 is 4.79 Å². The Morgan fingerprint density at radius 3 is 2.57 bits per heavy atom. The second-order valence-electron chi connectivity index (χ2n) is 6.84. The van der Waals surface area contributed by atoms with E-state index in [4.69, 9.17) is 5.73 Å². The summed E-state index contributed by atoms with van der Waals surface area (Å²) in [5.74, 6) is 1.39. The van der Waals surface area contributed by atoms with Crippen LogP contribution in [-0.2, 0) is 4.79 Å². The number of nitrogens with two attached hydrogens (primary N) is 1. The molecule has 4 unspecified atom stereocenters. The molecule has 2 bridgehead atoms. The summed E-state index contributed by atoms with van der Waals surface area (Å²) in [6.45, 7) is 1.66. The molecule has 2 saturated carbocycles. The molecule has 1 amide bonds.